The van der Waals surface area contributed by atoms with Crippen LogP contribution in [-0.2, 0) is 9.59 Å². The second-order valence-corrected chi connectivity index (χ2v) is 12.6. The molecule has 0 spiro atoms. The van der Waals surface area contributed by atoms with Crippen LogP contribution in [0.25, 0.3) is 0 Å². The number of nitrogens with one attached hydrogen (secondary N) is 2. The second kappa shape index (κ2) is 32.5. The minimum Gasteiger partial charge on any atom is -0.356 e. The molecule has 2 amide bonds. The van der Waals surface area contributed by atoms with E-state index in [1.807, 2.05) is 6.92 Å². The van der Waals surface area contributed by atoms with E-state index in [9.17, 15) is 9.59 Å². The molecule has 1 unspecified atom stereocenters. The van der Waals surface area contributed by atoms with Crippen molar-refractivity contribution in [2.45, 2.75) is 213 Å². The van der Waals surface area contributed by atoms with Gasteiger partial charge in [0.1, 0.15) is 0 Å². The van der Waals surface area contributed by atoms with Crippen LogP contribution in [0.4, 0.5) is 0 Å². The molecular weight excluding hydrogens is 492 g/mol. The van der Waals surface area contributed by atoms with Crippen molar-refractivity contribution in [1.82, 2.24) is 10.6 Å². The summed E-state index contributed by atoms with van der Waals surface area (Å²) >= 11 is 0. The average molecular weight is 565 g/mol. The lowest BCUT2D eigenvalue weighted by Gasteiger charge is -2.14. The summed E-state index contributed by atoms with van der Waals surface area (Å²) in [6.07, 6.45) is 36.5. The molecule has 0 saturated heterocycles. The normalized spacial score (nSPS) is 12.0. The van der Waals surface area contributed by atoms with Gasteiger partial charge in [0, 0.05) is 25.4 Å². The number of unbranched alkanes of at least 4 members (excludes halogenated alkanes) is 24. The van der Waals surface area contributed by atoms with E-state index in [1.54, 1.807) is 0 Å². The van der Waals surface area contributed by atoms with Crippen molar-refractivity contribution >= 4 is 11.8 Å². The highest BCUT2D eigenvalue weighted by molar-refractivity contribution is 5.76. The number of hydrogen-bond acceptors (Lipinski definition) is 2. The van der Waals surface area contributed by atoms with E-state index in [0.717, 1.165) is 32.1 Å². The molecule has 0 aromatic carbocycles. The van der Waals surface area contributed by atoms with Crippen molar-refractivity contribution in [2.75, 3.05) is 6.54 Å². The Balaban J connectivity index is 3.39. The SMILES string of the molecule is CCCCCCCCCCCCCCCC(=O)NCCC(C)NC(=O)CCCCCCCCCCCCCCC. The summed E-state index contributed by atoms with van der Waals surface area (Å²) in [5, 5.41) is 6.14. The van der Waals surface area contributed by atoms with Crippen molar-refractivity contribution in [3.8, 4) is 0 Å². The van der Waals surface area contributed by atoms with Gasteiger partial charge in [0.25, 0.3) is 0 Å². The van der Waals surface area contributed by atoms with Gasteiger partial charge >= 0.3 is 0 Å². The van der Waals surface area contributed by atoms with E-state index in [-0.39, 0.29) is 17.9 Å². The van der Waals surface area contributed by atoms with E-state index in [4.69, 9.17) is 0 Å². The summed E-state index contributed by atoms with van der Waals surface area (Å²) in [6.45, 7) is 7.24. The minimum atomic E-state index is 0.117. The molecule has 4 nitrogen and oxygen atoms in total. The molecule has 0 aromatic rings. The van der Waals surface area contributed by atoms with Crippen LogP contribution in [0.15, 0.2) is 0 Å². The van der Waals surface area contributed by atoms with Crippen molar-refractivity contribution in [1.29, 1.82) is 0 Å². The minimum absolute atomic E-state index is 0.117. The molecule has 2 N–H and O–H groups in total. The molecule has 0 bridgehead atoms. The second-order valence-electron chi connectivity index (χ2n) is 12.6. The van der Waals surface area contributed by atoms with E-state index in [1.165, 1.54) is 141 Å². The lowest BCUT2D eigenvalue weighted by Crippen LogP contribution is -2.35. The Morgan fingerprint density at radius 1 is 0.450 bits per heavy atom. The molecule has 0 fully saturated rings. The van der Waals surface area contributed by atoms with E-state index < -0.39 is 0 Å². The van der Waals surface area contributed by atoms with Gasteiger partial charge in [0.05, 0.1) is 0 Å². The van der Waals surface area contributed by atoms with Crippen LogP contribution >= 0.6 is 0 Å². The van der Waals surface area contributed by atoms with Gasteiger partial charge in [0.15, 0.2) is 0 Å². The van der Waals surface area contributed by atoms with E-state index in [0.29, 0.717) is 19.4 Å². The van der Waals surface area contributed by atoms with Crippen LogP contribution in [0, 0.1) is 0 Å². The summed E-state index contributed by atoms with van der Waals surface area (Å²) < 4.78 is 0. The standard InChI is InChI=1S/C36H72N2O2/c1-4-6-8-10-12-14-16-18-20-22-24-26-28-30-35(39)37-33-32-34(3)38-36(40)31-29-27-25-23-21-19-17-15-13-11-9-7-5-2/h34H,4-33H2,1-3H3,(H,37,39)(H,38,40). The zero-order chi connectivity index (χ0) is 29.4. The van der Waals surface area contributed by atoms with Crippen LogP contribution in [-0.4, -0.2) is 24.4 Å². The maximum Gasteiger partial charge on any atom is 0.220 e. The molecule has 238 valence electrons. The van der Waals surface area contributed by atoms with Crippen LogP contribution < -0.4 is 10.6 Å². The lowest BCUT2D eigenvalue weighted by atomic mass is 10.0. The number of carbonyl (C=O) groups is 2. The molecule has 4 heteroatoms. The smallest absolute Gasteiger partial charge is 0.220 e. The third-order valence-corrected chi connectivity index (χ3v) is 8.32. The molecule has 1 atom stereocenters. The number of amides is 2. The number of carbonyl (C=O) groups excluding carboxylic acids is 2. The first-order chi connectivity index (χ1) is 19.6. The summed E-state index contributed by atoms with van der Waals surface area (Å²) in [7, 11) is 0. The van der Waals surface area contributed by atoms with Crippen LogP contribution in [0.2, 0.25) is 0 Å². The van der Waals surface area contributed by atoms with Gasteiger partial charge in [-0.05, 0) is 26.2 Å². The third kappa shape index (κ3) is 31.5. The van der Waals surface area contributed by atoms with Gasteiger partial charge in [0.2, 0.25) is 11.8 Å². The Kier molecular flexibility index (Phi) is 31.6. The zero-order valence-electron chi connectivity index (χ0n) is 27.6. The molecule has 0 aliphatic heterocycles. The molecule has 0 aliphatic carbocycles. The molecule has 0 aromatic heterocycles. The Hall–Kier alpha value is -1.06. The molecule has 0 heterocycles. The van der Waals surface area contributed by atoms with Gasteiger partial charge in [-0.25, -0.2) is 0 Å². The first-order valence-corrected chi connectivity index (χ1v) is 18.2. The quantitative estimate of drug-likeness (QED) is 0.0798. The number of hydrogen-bond donors (Lipinski definition) is 2. The highest BCUT2D eigenvalue weighted by Crippen LogP contribution is 2.14. The first kappa shape index (κ1) is 38.9. The fourth-order valence-corrected chi connectivity index (χ4v) is 5.54. The monoisotopic (exact) mass is 565 g/mol. The third-order valence-electron chi connectivity index (χ3n) is 8.32. The number of rotatable bonds is 32. The van der Waals surface area contributed by atoms with Crippen LogP contribution in [0.5, 0.6) is 0 Å². The highest BCUT2D eigenvalue weighted by Gasteiger charge is 2.08. The molecule has 0 rings (SSSR count). The molecule has 40 heavy (non-hydrogen) atoms. The molecule has 0 saturated carbocycles. The van der Waals surface area contributed by atoms with Crippen molar-refractivity contribution in [3.63, 3.8) is 0 Å². The lowest BCUT2D eigenvalue weighted by molar-refractivity contribution is -0.121. The summed E-state index contributed by atoms with van der Waals surface area (Å²) in [5.74, 6) is 0.322. The average Bonchev–Trinajstić information content (AvgIpc) is 2.93. The van der Waals surface area contributed by atoms with Gasteiger partial charge < -0.3 is 10.6 Å². The topological polar surface area (TPSA) is 58.2 Å². The fourth-order valence-electron chi connectivity index (χ4n) is 5.54. The molecule has 0 aliphatic rings. The molecule has 0 radical (unpaired) electrons. The Bertz CT molecular complexity index is 537. The van der Waals surface area contributed by atoms with Gasteiger partial charge in [-0.1, -0.05) is 168 Å². The summed E-state index contributed by atoms with van der Waals surface area (Å²) in [4.78, 5) is 24.3. The fraction of sp³-hybridized carbons (Fsp3) is 0.944. The Morgan fingerprint density at radius 2 is 0.750 bits per heavy atom. The Morgan fingerprint density at radius 3 is 1.10 bits per heavy atom. The predicted molar refractivity (Wildman–Crippen MR) is 176 cm³/mol. The van der Waals surface area contributed by atoms with E-state index in [2.05, 4.69) is 24.5 Å². The van der Waals surface area contributed by atoms with E-state index >= 15 is 0 Å². The maximum atomic E-state index is 12.2. The summed E-state index contributed by atoms with van der Waals surface area (Å²) in [6, 6.07) is 0.117. The van der Waals surface area contributed by atoms with Gasteiger partial charge in [-0.2, -0.15) is 0 Å². The van der Waals surface area contributed by atoms with Crippen LogP contribution in [0.1, 0.15) is 207 Å². The largest absolute Gasteiger partial charge is 0.356 e. The van der Waals surface area contributed by atoms with Gasteiger partial charge in [-0.3, -0.25) is 9.59 Å². The van der Waals surface area contributed by atoms with Crippen molar-refractivity contribution in [3.05, 3.63) is 0 Å². The van der Waals surface area contributed by atoms with Gasteiger partial charge in [-0.15, -0.1) is 0 Å². The predicted octanol–water partition coefficient (Wildman–Crippen LogP) is 11.0. The van der Waals surface area contributed by atoms with Crippen LogP contribution in [0.3, 0.4) is 0 Å². The Labute approximate surface area is 251 Å². The molecular formula is C36H72N2O2. The van der Waals surface area contributed by atoms with Crippen molar-refractivity contribution < 1.29 is 9.59 Å². The summed E-state index contributed by atoms with van der Waals surface area (Å²) in [5.41, 5.74) is 0. The zero-order valence-corrected chi connectivity index (χ0v) is 27.6. The maximum absolute atomic E-state index is 12.2. The highest BCUT2D eigenvalue weighted by atomic mass is 16.2. The first-order valence-electron chi connectivity index (χ1n) is 18.2. The van der Waals surface area contributed by atoms with Crippen molar-refractivity contribution in [2.24, 2.45) is 0 Å².